The van der Waals surface area contributed by atoms with Crippen molar-refractivity contribution >= 4 is 11.4 Å². The molecule has 0 spiro atoms. The van der Waals surface area contributed by atoms with Crippen LogP contribution in [0.5, 0.6) is 5.75 Å². The zero-order valence-electron chi connectivity index (χ0n) is 17.0. The molecule has 29 heavy (non-hydrogen) atoms. The molecule has 2 aliphatic rings. The largest absolute Gasteiger partial charge is 0.464 e. The van der Waals surface area contributed by atoms with Crippen LogP contribution >= 0.6 is 0 Å². The third-order valence-electron chi connectivity index (χ3n) is 5.78. The zero-order valence-corrected chi connectivity index (χ0v) is 17.0. The number of aryl methyl sites for hydroxylation is 1. The Morgan fingerprint density at radius 2 is 1.66 bits per heavy atom. The minimum Gasteiger partial charge on any atom is -0.464 e. The highest BCUT2D eigenvalue weighted by atomic mass is 16.5. The van der Waals surface area contributed by atoms with E-state index in [1.807, 2.05) is 6.07 Å². The van der Waals surface area contributed by atoms with Crippen molar-refractivity contribution in [2.75, 3.05) is 19.0 Å². The SMILES string of the molecule is Cc1ccc(C2=NN3C(C2)c2ccccc2OC3c2ccc(N(C)C)cc2)cc1. The van der Waals surface area contributed by atoms with E-state index < -0.39 is 0 Å². The molecule has 5 rings (SSSR count). The molecule has 0 aliphatic carbocycles. The fraction of sp³-hybridized carbons (Fsp3) is 0.240. The van der Waals surface area contributed by atoms with Crippen molar-refractivity contribution < 1.29 is 4.74 Å². The van der Waals surface area contributed by atoms with E-state index in [2.05, 4.69) is 97.7 Å². The van der Waals surface area contributed by atoms with Crippen molar-refractivity contribution in [2.24, 2.45) is 5.10 Å². The first-order chi connectivity index (χ1) is 14.1. The molecule has 0 radical (unpaired) electrons. The summed E-state index contributed by atoms with van der Waals surface area (Å²) in [6, 6.07) is 25.7. The molecule has 2 unspecified atom stereocenters. The maximum atomic E-state index is 6.44. The molecule has 2 heterocycles. The molecular formula is C25H25N3O. The average molecular weight is 383 g/mol. The van der Waals surface area contributed by atoms with Crippen LogP contribution in [-0.4, -0.2) is 24.8 Å². The van der Waals surface area contributed by atoms with Crippen LogP contribution in [0, 0.1) is 6.92 Å². The third kappa shape index (κ3) is 3.15. The van der Waals surface area contributed by atoms with Gasteiger partial charge in [0.15, 0.2) is 0 Å². The van der Waals surface area contributed by atoms with Crippen LogP contribution in [-0.2, 0) is 0 Å². The molecule has 0 bridgehead atoms. The molecule has 2 aliphatic heterocycles. The van der Waals surface area contributed by atoms with Crippen LogP contribution < -0.4 is 9.64 Å². The van der Waals surface area contributed by atoms with Gasteiger partial charge in [-0.25, -0.2) is 5.01 Å². The van der Waals surface area contributed by atoms with E-state index in [4.69, 9.17) is 9.84 Å². The summed E-state index contributed by atoms with van der Waals surface area (Å²) in [7, 11) is 4.11. The van der Waals surface area contributed by atoms with E-state index in [0.717, 1.165) is 23.4 Å². The van der Waals surface area contributed by atoms with Gasteiger partial charge in [-0.1, -0.05) is 60.2 Å². The predicted octanol–water partition coefficient (Wildman–Crippen LogP) is 5.30. The summed E-state index contributed by atoms with van der Waals surface area (Å²) in [5, 5.41) is 7.18. The van der Waals surface area contributed by atoms with Gasteiger partial charge in [0.05, 0.1) is 11.8 Å². The predicted molar refractivity (Wildman–Crippen MR) is 117 cm³/mol. The summed E-state index contributed by atoms with van der Waals surface area (Å²) in [4.78, 5) is 2.10. The lowest BCUT2D eigenvalue weighted by Gasteiger charge is -2.38. The van der Waals surface area contributed by atoms with Crippen molar-refractivity contribution in [3.8, 4) is 5.75 Å². The molecule has 0 amide bonds. The Morgan fingerprint density at radius 3 is 2.38 bits per heavy atom. The second-order valence-electron chi connectivity index (χ2n) is 8.01. The fourth-order valence-corrected chi connectivity index (χ4v) is 4.11. The van der Waals surface area contributed by atoms with Crippen molar-refractivity contribution in [3.05, 3.63) is 95.1 Å². The molecule has 0 saturated heterocycles. The van der Waals surface area contributed by atoms with Gasteiger partial charge in [0.25, 0.3) is 0 Å². The van der Waals surface area contributed by atoms with Crippen LogP contribution in [0.25, 0.3) is 0 Å². The van der Waals surface area contributed by atoms with E-state index in [1.165, 1.54) is 22.4 Å². The summed E-state index contributed by atoms with van der Waals surface area (Å²) in [5.74, 6) is 0.954. The van der Waals surface area contributed by atoms with E-state index >= 15 is 0 Å². The quantitative estimate of drug-likeness (QED) is 0.614. The standard InChI is InChI=1S/C25H25N3O/c1-17-8-10-18(11-9-17)22-16-23-21-6-4-5-7-24(21)29-25(28(23)26-22)19-12-14-20(15-13-19)27(2)3/h4-15,23,25H,16H2,1-3H3. The van der Waals surface area contributed by atoms with E-state index in [9.17, 15) is 0 Å². The van der Waals surface area contributed by atoms with Gasteiger partial charge >= 0.3 is 0 Å². The second kappa shape index (κ2) is 6.96. The van der Waals surface area contributed by atoms with Crippen molar-refractivity contribution in [2.45, 2.75) is 25.6 Å². The van der Waals surface area contributed by atoms with Gasteiger partial charge in [0, 0.05) is 37.3 Å². The highest BCUT2D eigenvalue weighted by Crippen LogP contribution is 2.47. The molecule has 146 valence electrons. The Bertz CT molecular complexity index is 1050. The Balaban J connectivity index is 1.55. The first kappa shape index (κ1) is 17.8. The number of hydrogen-bond acceptors (Lipinski definition) is 4. The average Bonchev–Trinajstić information content (AvgIpc) is 3.19. The van der Waals surface area contributed by atoms with Gasteiger partial charge in [0.1, 0.15) is 5.75 Å². The van der Waals surface area contributed by atoms with Gasteiger partial charge in [-0.3, -0.25) is 0 Å². The summed E-state index contributed by atoms with van der Waals surface area (Å²) in [5.41, 5.74) is 7.06. The molecule has 0 fully saturated rings. The molecule has 2 atom stereocenters. The number of fused-ring (bicyclic) bond motifs is 3. The topological polar surface area (TPSA) is 28.1 Å². The first-order valence-corrected chi connectivity index (χ1v) is 10.1. The number of rotatable bonds is 3. The van der Waals surface area contributed by atoms with Crippen molar-refractivity contribution in [3.63, 3.8) is 0 Å². The Labute approximate surface area is 172 Å². The highest BCUT2D eigenvalue weighted by Gasteiger charge is 2.40. The molecule has 0 saturated carbocycles. The van der Waals surface area contributed by atoms with E-state index in [1.54, 1.807) is 0 Å². The first-order valence-electron chi connectivity index (χ1n) is 10.1. The Morgan fingerprint density at radius 1 is 0.931 bits per heavy atom. The summed E-state index contributed by atoms with van der Waals surface area (Å²) < 4.78 is 6.44. The molecule has 3 aromatic rings. The molecular weight excluding hydrogens is 358 g/mol. The summed E-state index contributed by atoms with van der Waals surface area (Å²) in [6.07, 6.45) is 0.657. The molecule has 0 aromatic heterocycles. The maximum Gasteiger partial charge on any atom is 0.213 e. The molecule has 4 nitrogen and oxygen atoms in total. The molecule has 0 N–H and O–H groups in total. The lowest BCUT2D eigenvalue weighted by atomic mass is 9.95. The Hall–Kier alpha value is -3.27. The lowest BCUT2D eigenvalue weighted by molar-refractivity contribution is -0.0190. The maximum absolute atomic E-state index is 6.44. The smallest absolute Gasteiger partial charge is 0.213 e. The van der Waals surface area contributed by atoms with Crippen LogP contribution in [0.2, 0.25) is 0 Å². The van der Waals surface area contributed by atoms with Crippen LogP contribution in [0.4, 0.5) is 5.69 Å². The van der Waals surface area contributed by atoms with Gasteiger partial charge < -0.3 is 9.64 Å². The monoisotopic (exact) mass is 383 g/mol. The van der Waals surface area contributed by atoms with Crippen LogP contribution in [0.3, 0.4) is 0 Å². The van der Waals surface area contributed by atoms with E-state index in [0.29, 0.717) is 0 Å². The van der Waals surface area contributed by atoms with Gasteiger partial charge in [0.2, 0.25) is 6.23 Å². The molecule has 4 heteroatoms. The van der Waals surface area contributed by atoms with E-state index in [-0.39, 0.29) is 12.3 Å². The second-order valence-corrected chi connectivity index (χ2v) is 8.01. The zero-order chi connectivity index (χ0) is 20.0. The normalized spacial score (nSPS) is 19.8. The number of anilines is 1. The number of ether oxygens (including phenoxy) is 1. The summed E-state index contributed by atoms with van der Waals surface area (Å²) in [6.45, 7) is 2.11. The lowest BCUT2D eigenvalue weighted by Crippen LogP contribution is -2.33. The summed E-state index contributed by atoms with van der Waals surface area (Å²) >= 11 is 0. The third-order valence-corrected chi connectivity index (χ3v) is 5.78. The van der Waals surface area contributed by atoms with Crippen LogP contribution in [0.1, 0.15) is 40.9 Å². The van der Waals surface area contributed by atoms with Gasteiger partial charge in [-0.15, -0.1) is 0 Å². The van der Waals surface area contributed by atoms with Gasteiger partial charge in [-0.2, -0.15) is 5.10 Å². The number of nitrogens with zero attached hydrogens (tertiary/aromatic N) is 3. The number of hydrogen-bond donors (Lipinski definition) is 0. The molecule has 3 aromatic carbocycles. The van der Waals surface area contributed by atoms with Crippen molar-refractivity contribution in [1.82, 2.24) is 5.01 Å². The fourth-order valence-electron chi connectivity index (χ4n) is 4.11. The number of benzene rings is 3. The van der Waals surface area contributed by atoms with Crippen molar-refractivity contribution in [1.29, 1.82) is 0 Å². The van der Waals surface area contributed by atoms with Crippen LogP contribution in [0.15, 0.2) is 77.9 Å². The van der Waals surface area contributed by atoms with Gasteiger partial charge in [-0.05, 0) is 30.7 Å². The minimum atomic E-state index is -0.228. The highest BCUT2D eigenvalue weighted by molar-refractivity contribution is 6.02. The number of hydrazone groups is 1. The number of para-hydroxylation sites is 1. The minimum absolute atomic E-state index is 0.190. The Kier molecular flexibility index (Phi) is 4.27.